The summed E-state index contributed by atoms with van der Waals surface area (Å²) < 4.78 is 11.7. The zero-order valence-corrected chi connectivity index (χ0v) is 27.6. The van der Waals surface area contributed by atoms with Crippen molar-refractivity contribution in [2.75, 3.05) is 23.0 Å². The zero-order valence-electron chi connectivity index (χ0n) is 26.8. The number of unbranched alkanes of at least 4 members (excludes halogenated alkanes) is 1. The minimum atomic E-state index is -0.519. The highest BCUT2D eigenvalue weighted by atomic mass is 32.2. The molecule has 5 rings (SSSR count). The Hall–Kier alpha value is -5.54. The van der Waals surface area contributed by atoms with Gasteiger partial charge < -0.3 is 25.1 Å². The number of furan rings is 1. The van der Waals surface area contributed by atoms with E-state index in [2.05, 4.69) is 22.9 Å². The molecule has 0 saturated carbocycles. The van der Waals surface area contributed by atoms with Crippen LogP contribution < -0.4 is 20.7 Å². The Balaban J connectivity index is 1.20. The van der Waals surface area contributed by atoms with Crippen molar-refractivity contribution in [2.24, 2.45) is 0 Å². The van der Waals surface area contributed by atoms with Gasteiger partial charge in [-0.2, -0.15) is 0 Å². The second-order valence-electron chi connectivity index (χ2n) is 11.0. The Bertz CT molecular complexity index is 1850. The molecular weight excluding hydrogens is 623 g/mol. The number of amides is 3. The van der Waals surface area contributed by atoms with Crippen molar-refractivity contribution >= 4 is 46.9 Å². The number of ether oxygens (including phenoxy) is 1. The van der Waals surface area contributed by atoms with Crippen molar-refractivity contribution in [3.05, 3.63) is 138 Å². The van der Waals surface area contributed by atoms with Crippen LogP contribution in [0.2, 0.25) is 0 Å². The number of carbonyl (C=O) groups is 3. The largest absolute Gasteiger partial charge is 0.494 e. The van der Waals surface area contributed by atoms with Gasteiger partial charge in [0.1, 0.15) is 23.0 Å². The van der Waals surface area contributed by atoms with Gasteiger partial charge >= 0.3 is 0 Å². The molecule has 0 unspecified atom stereocenters. The van der Waals surface area contributed by atoms with Gasteiger partial charge in [-0.1, -0.05) is 61.4 Å². The fourth-order valence-electron chi connectivity index (χ4n) is 4.54. The summed E-state index contributed by atoms with van der Waals surface area (Å²) in [5, 5.41) is 8.47. The fourth-order valence-corrected chi connectivity index (χ4v) is 5.23. The molecule has 0 spiro atoms. The highest BCUT2D eigenvalue weighted by Crippen LogP contribution is 2.25. The van der Waals surface area contributed by atoms with E-state index in [0.717, 1.165) is 34.6 Å². The van der Waals surface area contributed by atoms with Gasteiger partial charge in [0.05, 0.1) is 12.4 Å². The van der Waals surface area contributed by atoms with Crippen molar-refractivity contribution in [2.45, 2.75) is 31.6 Å². The molecule has 1 heterocycles. The average molecular weight is 660 g/mol. The van der Waals surface area contributed by atoms with Crippen molar-refractivity contribution in [1.29, 1.82) is 0 Å². The second-order valence-corrected chi connectivity index (χ2v) is 12.0. The van der Waals surface area contributed by atoms with Crippen LogP contribution in [0.3, 0.4) is 0 Å². The van der Waals surface area contributed by atoms with Crippen LogP contribution in [0.15, 0.2) is 130 Å². The van der Waals surface area contributed by atoms with E-state index in [-0.39, 0.29) is 17.4 Å². The van der Waals surface area contributed by atoms with E-state index in [1.54, 1.807) is 42.5 Å². The van der Waals surface area contributed by atoms with E-state index in [9.17, 15) is 14.4 Å². The van der Waals surface area contributed by atoms with Gasteiger partial charge in [-0.3, -0.25) is 14.4 Å². The molecule has 5 aromatic rings. The highest BCUT2D eigenvalue weighted by molar-refractivity contribution is 8.00. The van der Waals surface area contributed by atoms with E-state index in [1.807, 2.05) is 79.7 Å². The molecule has 0 atom stereocenters. The average Bonchev–Trinajstić information content (AvgIpc) is 3.57. The number of aryl methyl sites for hydroxylation is 1. The fraction of sp³-hybridized carbons (Fsp3) is 0.154. The molecule has 0 radical (unpaired) electrons. The van der Waals surface area contributed by atoms with Gasteiger partial charge in [0.25, 0.3) is 11.8 Å². The first kappa shape index (κ1) is 33.8. The van der Waals surface area contributed by atoms with Gasteiger partial charge in [-0.05, 0) is 86.1 Å². The van der Waals surface area contributed by atoms with E-state index >= 15 is 0 Å². The van der Waals surface area contributed by atoms with Crippen molar-refractivity contribution in [1.82, 2.24) is 5.32 Å². The van der Waals surface area contributed by atoms with Crippen molar-refractivity contribution in [3.8, 4) is 17.1 Å². The minimum Gasteiger partial charge on any atom is -0.494 e. The maximum absolute atomic E-state index is 13.5. The standard InChI is InChI=1S/C39H37N3O5S/c1-3-4-24-46-32-18-14-30(15-19-32)40-37(43)26-48-34-21-16-31(17-22-34)41-39(45)35(42-38(44)29-8-6-5-7-9-29)25-33-20-23-36(47-33)28-12-10-27(2)11-13-28/h5-23,25H,3-4,24,26H2,1-2H3,(H,40,43)(H,41,45)(H,42,44). The Labute approximate surface area is 284 Å². The van der Waals surface area contributed by atoms with Crippen LogP contribution in [0.5, 0.6) is 5.75 Å². The SMILES string of the molecule is CCCCOc1ccc(NC(=O)CSc2ccc(NC(=O)C(=Cc3ccc(-c4ccc(C)cc4)o3)NC(=O)c3ccccc3)cc2)cc1. The van der Waals surface area contributed by atoms with Gasteiger partial charge in [-0.15, -0.1) is 11.8 Å². The van der Waals surface area contributed by atoms with Crippen LogP contribution in [0.1, 0.15) is 41.4 Å². The van der Waals surface area contributed by atoms with Crippen LogP contribution in [0, 0.1) is 6.92 Å². The summed E-state index contributed by atoms with van der Waals surface area (Å²) in [7, 11) is 0. The predicted octanol–water partition coefficient (Wildman–Crippen LogP) is 8.57. The Morgan fingerprint density at radius 2 is 1.48 bits per heavy atom. The molecule has 9 heteroatoms. The lowest BCUT2D eigenvalue weighted by atomic mass is 10.1. The van der Waals surface area contributed by atoms with Crippen LogP contribution >= 0.6 is 11.8 Å². The number of nitrogens with one attached hydrogen (secondary N) is 3. The molecule has 0 aliphatic carbocycles. The quantitative estimate of drug-likeness (QED) is 0.0626. The van der Waals surface area contributed by atoms with Gasteiger partial charge in [0.15, 0.2) is 0 Å². The lowest BCUT2D eigenvalue weighted by Crippen LogP contribution is -2.30. The number of carbonyl (C=O) groups excluding carboxylic acids is 3. The Kier molecular flexibility index (Phi) is 11.9. The van der Waals surface area contributed by atoms with Gasteiger partial charge in [-0.25, -0.2) is 0 Å². The molecule has 8 nitrogen and oxygen atoms in total. The number of rotatable bonds is 14. The topological polar surface area (TPSA) is 110 Å². The third-order valence-corrected chi connectivity index (χ3v) is 8.18. The summed E-state index contributed by atoms with van der Waals surface area (Å²) in [6, 6.07) is 34.6. The molecule has 0 bridgehead atoms. The van der Waals surface area contributed by atoms with Gasteiger partial charge in [0.2, 0.25) is 5.91 Å². The summed E-state index contributed by atoms with van der Waals surface area (Å²) >= 11 is 1.38. The molecule has 0 fully saturated rings. The van der Waals surface area contributed by atoms with Crippen molar-refractivity contribution in [3.63, 3.8) is 0 Å². The third kappa shape index (κ3) is 9.98. The number of hydrogen-bond donors (Lipinski definition) is 3. The molecule has 4 aromatic carbocycles. The first-order chi connectivity index (χ1) is 23.4. The normalized spacial score (nSPS) is 11.1. The number of hydrogen-bond acceptors (Lipinski definition) is 6. The van der Waals surface area contributed by atoms with E-state index in [0.29, 0.717) is 35.1 Å². The van der Waals surface area contributed by atoms with Crippen LogP contribution in [0.4, 0.5) is 11.4 Å². The number of benzene rings is 4. The van der Waals surface area contributed by atoms with Crippen LogP contribution in [0.25, 0.3) is 17.4 Å². The number of anilines is 2. The second kappa shape index (κ2) is 16.9. The Morgan fingerprint density at radius 3 is 2.19 bits per heavy atom. The molecule has 0 aliphatic rings. The molecule has 0 aliphatic heterocycles. The Morgan fingerprint density at radius 1 is 0.792 bits per heavy atom. The first-order valence-corrected chi connectivity index (χ1v) is 16.7. The summed E-state index contributed by atoms with van der Waals surface area (Å²) in [6.45, 7) is 4.80. The zero-order chi connectivity index (χ0) is 33.7. The smallest absolute Gasteiger partial charge is 0.272 e. The molecule has 1 aromatic heterocycles. The van der Waals surface area contributed by atoms with Crippen molar-refractivity contribution < 1.29 is 23.5 Å². The first-order valence-electron chi connectivity index (χ1n) is 15.7. The van der Waals surface area contributed by atoms with Crippen LogP contribution in [-0.4, -0.2) is 30.1 Å². The van der Waals surface area contributed by atoms with E-state index in [4.69, 9.17) is 9.15 Å². The van der Waals surface area contributed by atoms with E-state index in [1.165, 1.54) is 17.8 Å². The highest BCUT2D eigenvalue weighted by Gasteiger charge is 2.16. The molecule has 3 N–H and O–H groups in total. The summed E-state index contributed by atoms with van der Waals surface area (Å²) in [5.41, 5.74) is 3.69. The maximum atomic E-state index is 13.5. The summed E-state index contributed by atoms with van der Waals surface area (Å²) in [5.74, 6) is 0.958. The lowest BCUT2D eigenvalue weighted by molar-refractivity contribution is -0.114. The monoisotopic (exact) mass is 659 g/mol. The minimum absolute atomic E-state index is 0.0179. The molecule has 3 amide bonds. The number of thioether (sulfide) groups is 1. The van der Waals surface area contributed by atoms with Gasteiger partial charge in [0, 0.05) is 33.5 Å². The summed E-state index contributed by atoms with van der Waals surface area (Å²) in [4.78, 5) is 39.9. The third-order valence-electron chi connectivity index (χ3n) is 7.17. The lowest BCUT2D eigenvalue weighted by Gasteiger charge is -2.11. The molecule has 48 heavy (non-hydrogen) atoms. The molecular formula is C39H37N3O5S. The maximum Gasteiger partial charge on any atom is 0.272 e. The van der Waals surface area contributed by atoms with Crippen LogP contribution in [-0.2, 0) is 9.59 Å². The molecule has 244 valence electrons. The van der Waals surface area contributed by atoms with E-state index < -0.39 is 11.8 Å². The summed E-state index contributed by atoms with van der Waals surface area (Å²) in [6.07, 6.45) is 3.57. The molecule has 0 saturated heterocycles. The predicted molar refractivity (Wildman–Crippen MR) is 192 cm³/mol.